The van der Waals surface area contributed by atoms with E-state index in [9.17, 15) is 14.7 Å². The van der Waals surface area contributed by atoms with E-state index in [-0.39, 0.29) is 18.1 Å². The number of carbonyl (C=O) groups is 2. The summed E-state index contributed by atoms with van der Waals surface area (Å²) in [7, 11) is 0. The van der Waals surface area contributed by atoms with E-state index in [1.165, 1.54) is 6.07 Å². The number of nitrogens with two attached hydrogens (primary N) is 1. The van der Waals surface area contributed by atoms with E-state index in [2.05, 4.69) is 10.7 Å². The third-order valence-corrected chi connectivity index (χ3v) is 2.98. The van der Waals surface area contributed by atoms with Crippen molar-refractivity contribution in [1.82, 2.24) is 10.7 Å². The number of unbranched alkanes of at least 4 members (excludes halogenated alkanes) is 1. The maximum absolute atomic E-state index is 11.9. The van der Waals surface area contributed by atoms with Crippen molar-refractivity contribution in [3.8, 4) is 5.75 Å². The van der Waals surface area contributed by atoms with Gasteiger partial charge in [0.15, 0.2) is 0 Å². The van der Waals surface area contributed by atoms with Crippen LogP contribution in [0.1, 0.15) is 31.7 Å². The maximum Gasteiger partial charge on any atom is 0.256 e. The van der Waals surface area contributed by atoms with Crippen molar-refractivity contribution in [2.75, 3.05) is 0 Å². The van der Waals surface area contributed by atoms with Crippen LogP contribution in [0.15, 0.2) is 24.3 Å². The fourth-order valence-corrected chi connectivity index (χ4v) is 1.86. The molecule has 0 fully saturated rings. The number of hydrogen-bond donors (Lipinski definition) is 4. The lowest BCUT2D eigenvalue weighted by Crippen LogP contribution is -2.49. The van der Waals surface area contributed by atoms with Gasteiger partial charge in [0, 0.05) is 5.56 Å². The van der Waals surface area contributed by atoms with Crippen molar-refractivity contribution >= 4 is 11.8 Å². The van der Waals surface area contributed by atoms with E-state index in [1.54, 1.807) is 18.2 Å². The molecule has 6 nitrogen and oxygen atoms in total. The van der Waals surface area contributed by atoms with Crippen LogP contribution in [-0.2, 0) is 16.0 Å². The minimum Gasteiger partial charge on any atom is -0.508 e. The van der Waals surface area contributed by atoms with Gasteiger partial charge in [-0.1, -0.05) is 38.0 Å². The Bertz CT molecular complexity index is 463. The first-order chi connectivity index (χ1) is 9.58. The normalized spacial score (nSPS) is 11.7. The summed E-state index contributed by atoms with van der Waals surface area (Å²) in [5, 5.41) is 12.2. The van der Waals surface area contributed by atoms with Crippen molar-refractivity contribution in [2.24, 2.45) is 5.84 Å². The molecule has 5 N–H and O–H groups in total. The predicted octanol–water partition coefficient (Wildman–Crippen LogP) is 0.600. The van der Waals surface area contributed by atoms with Crippen molar-refractivity contribution in [2.45, 2.75) is 38.6 Å². The van der Waals surface area contributed by atoms with Crippen LogP contribution >= 0.6 is 0 Å². The number of hydrogen-bond acceptors (Lipinski definition) is 4. The number of aromatic hydroxyl groups is 1. The minimum atomic E-state index is -0.640. The first kappa shape index (κ1) is 16.0. The Balaban J connectivity index is 2.61. The summed E-state index contributed by atoms with van der Waals surface area (Å²) >= 11 is 0. The molecule has 0 heterocycles. The number of phenols is 1. The maximum atomic E-state index is 11.9. The van der Waals surface area contributed by atoms with E-state index in [0.29, 0.717) is 12.0 Å². The molecule has 110 valence electrons. The first-order valence-corrected chi connectivity index (χ1v) is 6.65. The monoisotopic (exact) mass is 279 g/mol. The number of para-hydroxylation sites is 1. The van der Waals surface area contributed by atoms with Gasteiger partial charge in [-0.15, -0.1) is 0 Å². The number of nitrogens with one attached hydrogen (secondary N) is 2. The number of amides is 2. The quantitative estimate of drug-likeness (QED) is 0.333. The van der Waals surface area contributed by atoms with Gasteiger partial charge in [0.1, 0.15) is 11.8 Å². The third kappa shape index (κ3) is 4.89. The molecule has 0 aliphatic heterocycles. The molecule has 2 amide bonds. The Morgan fingerprint density at radius 1 is 1.35 bits per heavy atom. The Hall–Kier alpha value is -2.08. The number of phenolic OH excluding ortho intramolecular Hbond substituents is 1. The third-order valence-electron chi connectivity index (χ3n) is 2.98. The average molecular weight is 279 g/mol. The summed E-state index contributed by atoms with van der Waals surface area (Å²) in [6.45, 7) is 2.00. The number of rotatable bonds is 7. The highest BCUT2D eigenvalue weighted by atomic mass is 16.3. The van der Waals surface area contributed by atoms with Gasteiger partial charge < -0.3 is 10.4 Å². The molecule has 0 aliphatic rings. The van der Waals surface area contributed by atoms with Gasteiger partial charge in [0.25, 0.3) is 5.91 Å². The minimum absolute atomic E-state index is 0.0210. The molecule has 1 atom stereocenters. The summed E-state index contributed by atoms with van der Waals surface area (Å²) in [6.07, 6.45) is 2.29. The van der Waals surface area contributed by atoms with Crippen LogP contribution in [0.3, 0.4) is 0 Å². The summed E-state index contributed by atoms with van der Waals surface area (Å²) in [5.74, 6) is 4.44. The molecule has 1 aromatic rings. The van der Waals surface area contributed by atoms with Gasteiger partial charge in [-0.05, 0) is 12.5 Å². The zero-order valence-electron chi connectivity index (χ0n) is 11.6. The fourth-order valence-electron chi connectivity index (χ4n) is 1.86. The molecule has 1 aromatic carbocycles. The second kappa shape index (κ2) is 8.16. The molecule has 0 unspecified atom stereocenters. The van der Waals surface area contributed by atoms with Crippen LogP contribution in [0.4, 0.5) is 0 Å². The zero-order valence-corrected chi connectivity index (χ0v) is 11.6. The Morgan fingerprint density at radius 3 is 2.65 bits per heavy atom. The number of hydrazine groups is 1. The van der Waals surface area contributed by atoms with Crippen LogP contribution in [-0.4, -0.2) is 23.0 Å². The summed E-state index contributed by atoms with van der Waals surface area (Å²) in [4.78, 5) is 23.5. The highest BCUT2D eigenvalue weighted by Gasteiger charge is 2.19. The highest BCUT2D eigenvalue weighted by Crippen LogP contribution is 2.16. The van der Waals surface area contributed by atoms with Crippen molar-refractivity contribution in [3.05, 3.63) is 29.8 Å². The highest BCUT2D eigenvalue weighted by molar-refractivity contribution is 5.88. The van der Waals surface area contributed by atoms with Crippen LogP contribution < -0.4 is 16.6 Å². The molecule has 0 bridgehead atoms. The fraction of sp³-hybridized carbons (Fsp3) is 0.429. The SMILES string of the molecule is CCCC[C@@H](NC(=O)Cc1ccccc1O)C(=O)NN. The van der Waals surface area contributed by atoms with Gasteiger partial charge in [-0.25, -0.2) is 5.84 Å². The molecule has 20 heavy (non-hydrogen) atoms. The summed E-state index contributed by atoms with van der Waals surface area (Å²) in [6, 6.07) is 5.97. The predicted molar refractivity (Wildman–Crippen MR) is 75.6 cm³/mol. The largest absolute Gasteiger partial charge is 0.508 e. The zero-order chi connectivity index (χ0) is 15.0. The van der Waals surface area contributed by atoms with E-state index in [1.807, 2.05) is 6.92 Å². The van der Waals surface area contributed by atoms with Crippen molar-refractivity contribution < 1.29 is 14.7 Å². The second-order valence-corrected chi connectivity index (χ2v) is 4.58. The molecule has 0 radical (unpaired) electrons. The molecule has 0 spiro atoms. The topological polar surface area (TPSA) is 104 Å². The van der Waals surface area contributed by atoms with Gasteiger partial charge in [-0.2, -0.15) is 0 Å². The van der Waals surface area contributed by atoms with E-state index >= 15 is 0 Å². The molecule has 0 saturated carbocycles. The molecule has 0 saturated heterocycles. The standard InChI is InChI=1S/C14H21N3O3/c1-2-3-7-11(14(20)17-15)16-13(19)9-10-6-4-5-8-12(10)18/h4-6,8,11,18H,2-3,7,9,15H2,1H3,(H,16,19)(H,17,20)/t11-/m1/s1. The van der Waals surface area contributed by atoms with Crippen LogP contribution in [0.25, 0.3) is 0 Å². The number of carbonyl (C=O) groups excluding carboxylic acids is 2. The molecule has 6 heteroatoms. The molecular weight excluding hydrogens is 258 g/mol. The summed E-state index contributed by atoms with van der Waals surface area (Å²) < 4.78 is 0. The number of benzene rings is 1. The van der Waals surface area contributed by atoms with E-state index in [4.69, 9.17) is 5.84 Å². The smallest absolute Gasteiger partial charge is 0.256 e. The molecule has 0 aliphatic carbocycles. The van der Waals surface area contributed by atoms with Crippen LogP contribution in [0, 0.1) is 0 Å². The Kier molecular flexibility index (Phi) is 6.52. The molecule has 1 rings (SSSR count). The molecule has 0 aromatic heterocycles. The van der Waals surface area contributed by atoms with Gasteiger partial charge in [0.05, 0.1) is 6.42 Å². The lowest BCUT2D eigenvalue weighted by atomic mass is 10.1. The summed E-state index contributed by atoms with van der Waals surface area (Å²) in [5.41, 5.74) is 2.57. The van der Waals surface area contributed by atoms with Gasteiger partial charge in [0.2, 0.25) is 5.91 Å². The van der Waals surface area contributed by atoms with Crippen molar-refractivity contribution in [1.29, 1.82) is 0 Å². The average Bonchev–Trinajstić information content (AvgIpc) is 2.45. The Morgan fingerprint density at radius 2 is 2.05 bits per heavy atom. The lowest BCUT2D eigenvalue weighted by Gasteiger charge is -2.17. The van der Waals surface area contributed by atoms with Gasteiger partial charge in [-0.3, -0.25) is 15.0 Å². The van der Waals surface area contributed by atoms with Crippen LogP contribution in [0.2, 0.25) is 0 Å². The van der Waals surface area contributed by atoms with E-state index in [0.717, 1.165) is 12.8 Å². The Labute approximate surface area is 118 Å². The van der Waals surface area contributed by atoms with Gasteiger partial charge >= 0.3 is 0 Å². The molecular formula is C14H21N3O3. The lowest BCUT2D eigenvalue weighted by molar-refractivity contribution is -0.128. The second-order valence-electron chi connectivity index (χ2n) is 4.58. The first-order valence-electron chi connectivity index (χ1n) is 6.65. The van der Waals surface area contributed by atoms with Crippen molar-refractivity contribution in [3.63, 3.8) is 0 Å². The van der Waals surface area contributed by atoms with E-state index < -0.39 is 11.9 Å². The van der Waals surface area contributed by atoms with Crippen LogP contribution in [0.5, 0.6) is 5.75 Å².